The van der Waals surface area contributed by atoms with Gasteiger partial charge in [-0.15, -0.1) is 0 Å². The number of rotatable bonds is 67. The molecule has 0 radical (unpaired) electrons. The molecule has 0 aromatic carbocycles. The van der Waals surface area contributed by atoms with Crippen LogP contribution in [-0.4, -0.2) is 96.7 Å². The zero-order valence-electron chi connectivity index (χ0n) is 56.3. The Hall–Kier alpha value is -1.94. The normalized spacial score (nSPS) is 14.5. The first kappa shape index (κ1) is 85.1. The summed E-state index contributed by atoms with van der Waals surface area (Å²) in [6.07, 6.45) is 45.0. The summed E-state index contributed by atoms with van der Waals surface area (Å²) in [5, 5.41) is 10.5. The van der Waals surface area contributed by atoms with Gasteiger partial charge in [0, 0.05) is 25.7 Å². The number of phosphoric acid groups is 2. The van der Waals surface area contributed by atoms with Crippen molar-refractivity contribution in [1.29, 1.82) is 0 Å². The number of carbonyl (C=O) groups excluding carboxylic acids is 4. The third kappa shape index (κ3) is 61.3. The zero-order valence-corrected chi connectivity index (χ0v) is 58.1. The van der Waals surface area contributed by atoms with Crippen molar-refractivity contribution >= 4 is 39.5 Å². The fourth-order valence-electron chi connectivity index (χ4n) is 10.2. The Morgan fingerprint density at radius 1 is 0.333 bits per heavy atom. The van der Waals surface area contributed by atoms with Gasteiger partial charge >= 0.3 is 39.5 Å². The second-order valence-corrected chi connectivity index (χ2v) is 28.2. The zero-order chi connectivity index (χ0) is 64.3. The van der Waals surface area contributed by atoms with E-state index < -0.39 is 97.5 Å². The number of unbranched alkanes of at least 4 members (excludes halogenated alkanes) is 36. The minimum absolute atomic E-state index is 0.101. The highest BCUT2D eigenvalue weighted by atomic mass is 31.2. The Labute approximate surface area is 530 Å². The number of aliphatic hydroxyl groups is 1. The summed E-state index contributed by atoms with van der Waals surface area (Å²) in [6.45, 7) is 9.40. The van der Waals surface area contributed by atoms with E-state index in [1.807, 2.05) is 0 Å². The molecule has 0 aliphatic carbocycles. The molecule has 0 spiro atoms. The average Bonchev–Trinajstić information content (AvgIpc) is 3.70. The van der Waals surface area contributed by atoms with Crippen LogP contribution in [0.25, 0.3) is 0 Å². The standard InChI is InChI=1S/C68H132O17P2/c1-7-10-12-14-15-16-17-18-19-23-26-29-32-39-45-51-66(71)79-57-64(84-67(72)52-46-40-33-30-27-24-21-20-22-25-28-31-38-43-49-61(6)9-3)59-83-87(76,77)81-55-62(69)54-80-86(74,75)82-58-63(56-78-65(70)50-44-36-13-11-8-2)85-68(73)53-47-41-35-34-37-42-48-60(4)5/h60-64,69H,7-59H2,1-6H3,(H,74,75)(H,76,77)/t61?,62-,63+,64+/m0/s1. The average molecular weight is 1280 g/mol. The first-order chi connectivity index (χ1) is 41.9. The minimum atomic E-state index is -4.95. The van der Waals surface area contributed by atoms with Crippen LogP contribution in [0.4, 0.5) is 0 Å². The van der Waals surface area contributed by atoms with Gasteiger partial charge in [0.25, 0.3) is 0 Å². The van der Waals surface area contributed by atoms with Crippen LogP contribution >= 0.6 is 15.6 Å². The SMILES string of the molecule is CCCCCCCCCCCCCCCCCC(=O)OC[C@H](COP(=O)(O)OC[C@@H](O)COP(=O)(O)OC[C@@H](COC(=O)CCCCCCC)OC(=O)CCCCCCCCC(C)C)OC(=O)CCCCCCCCCCCCCCCCC(C)CC. The largest absolute Gasteiger partial charge is 0.472 e. The van der Waals surface area contributed by atoms with Gasteiger partial charge in [0.2, 0.25) is 0 Å². The quantitative estimate of drug-likeness (QED) is 0.0222. The summed E-state index contributed by atoms with van der Waals surface area (Å²) in [7, 11) is -9.88. The molecular formula is C68H132O17P2. The molecule has 3 N–H and O–H groups in total. The number of esters is 4. The van der Waals surface area contributed by atoms with Gasteiger partial charge in [0.05, 0.1) is 26.4 Å². The monoisotopic (exact) mass is 1280 g/mol. The molecule has 0 heterocycles. The van der Waals surface area contributed by atoms with Crippen LogP contribution < -0.4 is 0 Å². The van der Waals surface area contributed by atoms with Gasteiger partial charge in [-0.05, 0) is 37.5 Å². The summed E-state index contributed by atoms with van der Waals surface area (Å²) in [6, 6.07) is 0. The van der Waals surface area contributed by atoms with Crippen LogP contribution in [0.15, 0.2) is 0 Å². The second-order valence-electron chi connectivity index (χ2n) is 25.3. The van der Waals surface area contributed by atoms with Gasteiger partial charge in [0.15, 0.2) is 12.2 Å². The Kier molecular flexibility index (Phi) is 59.0. The van der Waals surface area contributed by atoms with E-state index in [-0.39, 0.29) is 25.7 Å². The van der Waals surface area contributed by atoms with Crippen molar-refractivity contribution in [2.75, 3.05) is 39.6 Å². The first-order valence-electron chi connectivity index (χ1n) is 35.5. The molecule has 0 aromatic heterocycles. The van der Waals surface area contributed by atoms with Gasteiger partial charge in [0.1, 0.15) is 19.3 Å². The highest BCUT2D eigenvalue weighted by molar-refractivity contribution is 7.47. The number of ether oxygens (including phenoxy) is 4. The molecule has 19 heteroatoms. The Morgan fingerprint density at radius 2 is 0.586 bits per heavy atom. The van der Waals surface area contributed by atoms with Crippen LogP contribution in [0.2, 0.25) is 0 Å². The van der Waals surface area contributed by atoms with Crippen LogP contribution in [0.5, 0.6) is 0 Å². The predicted octanol–water partition coefficient (Wildman–Crippen LogP) is 19.2. The van der Waals surface area contributed by atoms with E-state index in [0.717, 1.165) is 102 Å². The van der Waals surface area contributed by atoms with Crippen molar-refractivity contribution in [2.24, 2.45) is 11.8 Å². The van der Waals surface area contributed by atoms with E-state index in [1.165, 1.54) is 154 Å². The molecule has 0 saturated carbocycles. The number of hydrogen-bond acceptors (Lipinski definition) is 15. The van der Waals surface area contributed by atoms with Gasteiger partial charge in [-0.25, -0.2) is 9.13 Å². The number of hydrogen-bond donors (Lipinski definition) is 3. The van der Waals surface area contributed by atoms with E-state index in [4.69, 9.17) is 37.0 Å². The number of aliphatic hydroxyl groups excluding tert-OH is 1. The summed E-state index contributed by atoms with van der Waals surface area (Å²) in [5.41, 5.74) is 0. The third-order valence-corrected chi connectivity index (χ3v) is 18.0. The molecule has 17 nitrogen and oxygen atoms in total. The third-order valence-electron chi connectivity index (χ3n) is 16.1. The maximum absolute atomic E-state index is 13.0. The lowest BCUT2D eigenvalue weighted by atomic mass is 9.99. The lowest BCUT2D eigenvalue weighted by Gasteiger charge is -2.21. The maximum atomic E-state index is 13.0. The predicted molar refractivity (Wildman–Crippen MR) is 349 cm³/mol. The highest BCUT2D eigenvalue weighted by Gasteiger charge is 2.30. The molecule has 0 rings (SSSR count). The Balaban J connectivity index is 5.15. The summed E-state index contributed by atoms with van der Waals surface area (Å²) >= 11 is 0. The minimum Gasteiger partial charge on any atom is -0.462 e. The van der Waals surface area contributed by atoms with Gasteiger partial charge < -0.3 is 33.8 Å². The van der Waals surface area contributed by atoms with Crippen molar-refractivity contribution < 1.29 is 80.2 Å². The van der Waals surface area contributed by atoms with Crippen LogP contribution in [0.3, 0.4) is 0 Å². The highest BCUT2D eigenvalue weighted by Crippen LogP contribution is 2.45. The van der Waals surface area contributed by atoms with E-state index in [1.54, 1.807) is 0 Å². The van der Waals surface area contributed by atoms with Crippen LogP contribution in [0.1, 0.15) is 343 Å². The smallest absolute Gasteiger partial charge is 0.462 e. The van der Waals surface area contributed by atoms with Crippen molar-refractivity contribution in [3.63, 3.8) is 0 Å². The fraction of sp³-hybridized carbons (Fsp3) is 0.941. The summed E-state index contributed by atoms with van der Waals surface area (Å²) in [4.78, 5) is 72.1. The van der Waals surface area contributed by atoms with E-state index in [9.17, 15) is 43.2 Å². The molecule has 0 aliphatic rings. The van der Waals surface area contributed by atoms with Gasteiger partial charge in [-0.3, -0.25) is 37.3 Å². The summed E-state index contributed by atoms with van der Waals surface area (Å²) < 4.78 is 67.9. The maximum Gasteiger partial charge on any atom is 0.472 e. The van der Waals surface area contributed by atoms with Crippen LogP contribution in [0, 0.1) is 11.8 Å². The molecule has 87 heavy (non-hydrogen) atoms. The van der Waals surface area contributed by atoms with E-state index in [2.05, 4.69) is 41.5 Å². The van der Waals surface area contributed by atoms with Crippen molar-refractivity contribution in [3.8, 4) is 0 Å². The molecule has 0 amide bonds. The molecule has 0 aromatic rings. The molecule has 3 unspecified atom stereocenters. The molecule has 0 fully saturated rings. The van der Waals surface area contributed by atoms with Gasteiger partial charge in [-0.1, -0.05) is 292 Å². The van der Waals surface area contributed by atoms with E-state index >= 15 is 0 Å². The lowest BCUT2D eigenvalue weighted by Crippen LogP contribution is -2.30. The van der Waals surface area contributed by atoms with Gasteiger partial charge in [-0.2, -0.15) is 0 Å². The fourth-order valence-corrected chi connectivity index (χ4v) is 11.8. The molecule has 6 atom stereocenters. The van der Waals surface area contributed by atoms with Crippen molar-refractivity contribution in [3.05, 3.63) is 0 Å². The first-order valence-corrected chi connectivity index (χ1v) is 38.5. The topological polar surface area (TPSA) is 237 Å². The number of phosphoric ester groups is 2. The van der Waals surface area contributed by atoms with E-state index in [0.29, 0.717) is 31.6 Å². The second kappa shape index (κ2) is 60.3. The molecule has 0 aliphatic heterocycles. The molecule has 0 bridgehead atoms. The lowest BCUT2D eigenvalue weighted by molar-refractivity contribution is -0.161. The van der Waals surface area contributed by atoms with Crippen molar-refractivity contribution in [2.45, 2.75) is 362 Å². The number of carbonyl (C=O) groups is 4. The Morgan fingerprint density at radius 3 is 0.874 bits per heavy atom. The Bertz CT molecular complexity index is 1700. The molecule has 516 valence electrons. The summed E-state index contributed by atoms with van der Waals surface area (Å²) in [5.74, 6) is -0.626. The van der Waals surface area contributed by atoms with Crippen LogP contribution in [-0.2, 0) is 65.4 Å². The van der Waals surface area contributed by atoms with Crippen molar-refractivity contribution in [1.82, 2.24) is 0 Å². The molecular weight excluding hydrogens is 1150 g/mol. The molecule has 0 saturated heterocycles.